The normalized spacial score (nSPS) is 23.7. The average molecular weight is 247 g/mol. The van der Waals surface area contributed by atoms with E-state index < -0.39 is 0 Å². The highest BCUT2D eigenvalue weighted by atomic mass is 19.1. The first-order chi connectivity index (χ1) is 8.65. The predicted octanol–water partition coefficient (Wildman–Crippen LogP) is 2.91. The molecule has 0 amide bonds. The van der Waals surface area contributed by atoms with Gasteiger partial charge in [-0.25, -0.2) is 4.39 Å². The molecule has 1 aliphatic heterocycles. The Hall–Kier alpha value is -1.68. The zero-order chi connectivity index (χ0) is 12.7. The maximum Gasteiger partial charge on any atom is 0.170 e. The molecule has 0 saturated carbocycles. The molecule has 2 heterocycles. The first-order valence-electron chi connectivity index (χ1n) is 6.07. The van der Waals surface area contributed by atoms with Gasteiger partial charge >= 0.3 is 0 Å². The quantitative estimate of drug-likeness (QED) is 0.829. The van der Waals surface area contributed by atoms with E-state index in [0.29, 0.717) is 17.7 Å². The van der Waals surface area contributed by atoms with Crippen LogP contribution < -0.4 is 0 Å². The highest BCUT2D eigenvalue weighted by Gasteiger charge is 2.30. The Kier molecular flexibility index (Phi) is 2.67. The fourth-order valence-corrected chi connectivity index (χ4v) is 2.52. The number of ether oxygens (including phenoxy) is 1. The smallest absolute Gasteiger partial charge is 0.170 e. The number of aromatic nitrogens is 1. The number of nitrogens with one attached hydrogen (secondary N) is 1. The summed E-state index contributed by atoms with van der Waals surface area (Å²) < 4.78 is 18.5. The number of aromatic amines is 1. The Labute approximate surface area is 104 Å². The molecule has 2 aromatic rings. The minimum absolute atomic E-state index is 0.0796. The molecule has 1 saturated heterocycles. The molecule has 1 aromatic heterocycles. The van der Waals surface area contributed by atoms with Gasteiger partial charge in [0, 0.05) is 28.6 Å². The summed E-state index contributed by atoms with van der Waals surface area (Å²) in [6.07, 6.45) is 2.56. The van der Waals surface area contributed by atoms with E-state index in [-0.39, 0.29) is 23.6 Å². The number of H-pyrrole nitrogens is 1. The Morgan fingerprint density at radius 3 is 3.06 bits per heavy atom. The molecule has 3 nitrogen and oxygen atoms in total. The third-order valence-corrected chi connectivity index (χ3v) is 3.48. The van der Waals surface area contributed by atoms with Crippen LogP contribution >= 0.6 is 0 Å². The van der Waals surface area contributed by atoms with Crippen LogP contribution in [0.3, 0.4) is 0 Å². The molecule has 94 valence electrons. The lowest BCUT2D eigenvalue weighted by Crippen LogP contribution is -2.14. The Morgan fingerprint density at radius 1 is 1.50 bits per heavy atom. The number of ketones is 1. The number of carbonyl (C=O) groups excluding carboxylic acids is 1. The van der Waals surface area contributed by atoms with E-state index in [2.05, 4.69) is 4.98 Å². The van der Waals surface area contributed by atoms with Crippen molar-refractivity contribution >= 4 is 16.7 Å². The van der Waals surface area contributed by atoms with E-state index in [4.69, 9.17) is 4.74 Å². The second kappa shape index (κ2) is 4.21. The standard InChI is InChI=1S/C14H14FNO2/c1-8-4-9(7-18-8)14(17)12-6-16-13-5-10(15)2-3-11(12)13/h2-3,5-6,8-9,16H,4,7H2,1H3. The summed E-state index contributed by atoms with van der Waals surface area (Å²) in [5.74, 6) is -0.303. The minimum atomic E-state index is -0.304. The number of halogens is 1. The van der Waals surface area contributed by atoms with E-state index in [1.54, 1.807) is 12.3 Å². The molecule has 18 heavy (non-hydrogen) atoms. The first kappa shape index (κ1) is 11.4. The number of hydrogen-bond acceptors (Lipinski definition) is 2. The summed E-state index contributed by atoms with van der Waals surface area (Å²) in [5.41, 5.74) is 1.29. The van der Waals surface area contributed by atoms with Crippen LogP contribution in [0, 0.1) is 11.7 Å². The fourth-order valence-electron chi connectivity index (χ4n) is 2.52. The summed E-state index contributed by atoms with van der Waals surface area (Å²) in [7, 11) is 0. The molecular formula is C14H14FNO2. The number of carbonyl (C=O) groups is 1. The molecule has 1 N–H and O–H groups in total. The van der Waals surface area contributed by atoms with Gasteiger partial charge in [0.15, 0.2) is 5.78 Å². The van der Waals surface area contributed by atoms with Gasteiger partial charge in [-0.15, -0.1) is 0 Å². The third-order valence-electron chi connectivity index (χ3n) is 3.48. The summed E-state index contributed by atoms with van der Waals surface area (Å²) in [6.45, 7) is 2.45. The van der Waals surface area contributed by atoms with Gasteiger partial charge in [-0.3, -0.25) is 4.79 Å². The Bertz CT molecular complexity index is 605. The molecule has 1 aromatic carbocycles. The predicted molar refractivity (Wildman–Crippen MR) is 66.1 cm³/mol. The van der Waals surface area contributed by atoms with Crippen LogP contribution in [0.4, 0.5) is 4.39 Å². The number of Topliss-reactive ketones (excluding diaryl/α,β-unsaturated/α-hetero) is 1. The first-order valence-corrected chi connectivity index (χ1v) is 6.07. The van der Waals surface area contributed by atoms with Gasteiger partial charge in [-0.2, -0.15) is 0 Å². The summed E-state index contributed by atoms with van der Waals surface area (Å²) in [6, 6.07) is 4.42. The number of rotatable bonds is 2. The maximum atomic E-state index is 13.1. The van der Waals surface area contributed by atoms with Gasteiger partial charge in [0.05, 0.1) is 12.7 Å². The van der Waals surface area contributed by atoms with E-state index in [0.717, 1.165) is 11.8 Å². The van der Waals surface area contributed by atoms with Crippen LogP contribution in [0.15, 0.2) is 24.4 Å². The number of benzene rings is 1. The highest BCUT2D eigenvalue weighted by molar-refractivity contribution is 6.09. The van der Waals surface area contributed by atoms with Crippen LogP contribution in [-0.2, 0) is 4.74 Å². The van der Waals surface area contributed by atoms with E-state index in [1.165, 1.54) is 12.1 Å². The van der Waals surface area contributed by atoms with Crippen molar-refractivity contribution in [3.05, 3.63) is 35.8 Å². The average Bonchev–Trinajstić information content (AvgIpc) is 2.94. The van der Waals surface area contributed by atoms with Crippen molar-refractivity contribution in [2.75, 3.05) is 6.61 Å². The third kappa shape index (κ3) is 1.82. The molecule has 4 heteroatoms. The summed E-state index contributed by atoms with van der Waals surface area (Å²) in [4.78, 5) is 15.3. The van der Waals surface area contributed by atoms with Crippen molar-refractivity contribution in [1.82, 2.24) is 4.98 Å². The minimum Gasteiger partial charge on any atom is -0.378 e. The van der Waals surface area contributed by atoms with Crippen molar-refractivity contribution in [2.24, 2.45) is 5.92 Å². The zero-order valence-electron chi connectivity index (χ0n) is 10.1. The van der Waals surface area contributed by atoms with Crippen molar-refractivity contribution < 1.29 is 13.9 Å². The Morgan fingerprint density at radius 2 is 2.33 bits per heavy atom. The molecule has 2 atom stereocenters. The molecule has 1 aliphatic rings. The van der Waals surface area contributed by atoms with Gasteiger partial charge in [-0.05, 0) is 31.5 Å². The molecule has 0 aliphatic carbocycles. The molecule has 3 rings (SSSR count). The maximum absolute atomic E-state index is 13.1. The number of hydrogen-bond donors (Lipinski definition) is 1. The van der Waals surface area contributed by atoms with Gasteiger partial charge in [0.25, 0.3) is 0 Å². The van der Waals surface area contributed by atoms with Gasteiger partial charge in [0.2, 0.25) is 0 Å². The van der Waals surface area contributed by atoms with Crippen LogP contribution in [-0.4, -0.2) is 23.5 Å². The molecular weight excluding hydrogens is 233 g/mol. The molecule has 0 radical (unpaired) electrons. The van der Waals surface area contributed by atoms with E-state index in [1.807, 2.05) is 6.92 Å². The lowest BCUT2D eigenvalue weighted by molar-refractivity contribution is 0.0879. The lowest BCUT2D eigenvalue weighted by atomic mass is 9.95. The van der Waals surface area contributed by atoms with Gasteiger partial charge < -0.3 is 9.72 Å². The molecule has 2 unspecified atom stereocenters. The summed E-state index contributed by atoms with van der Waals surface area (Å²) in [5, 5.41) is 0.779. The van der Waals surface area contributed by atoms with Crippen molar-refractivity contribution in [1.29, 1.82) is 0 Å². The topological polar surface area (TPSA) is 42.1 Å². The molecule has 1 fully saturated rings. The van der Waals surface area contributed by atoms with Crippen LogP contribution in [0.2, 0.25) is 0 Å². The van der Waals surface area contributed by atoms with Crippen molar-refractivity contribution in [3.63, 3.8) is 0 Å². The second-order valence-corrected chi connectivity index (χ2v) is 4.83. The van der Waals surface area contributed by atoms with E-state index >= 15 is 0 Å². The highest BCUT2D eigenvalue weighted by Crippen LogP contribution is 2.27. The monoisotopic (exact) mass is 247 g/mol. The van der Waals surface area contributed by atoms with Crippen LogP contribution in [0.25, 0.3) is 10.9 Å². The fraction of sp³-hybridized carbons (Fsp3) is 0.357. The van der Waals surface area contributed by atoms with Crippen LogP contribution in [0.5, 0.6) is 0 Å². The Balaban J connectivity index is 1.97. The zero-order valence-corrected chi connectivity index (χ0v) is 10.1. The number of fused-ring (bicyclic) bond motifs is 1. The summed E-state index contributed by atoms with van der Waals surface area (Å²) >= 11 is 0. The van der Waals surface area contributed by atoms with Crippen molar-refractivity contribution in [3.8, 4) is 0 Å². The van der Waals surface area contributed by atoms with Gasteiger partial charge in [0.1, 0.15) is 5.82 Å². The second-order valence-electron chi connectivity index (χ2n) is 4.83. The van der Waals surface area contributed by atoms with Gasteiger partial charge in [-0.1, -0.05) is 0 Å². The molecule has 0 bridgehead atoms. The van der Waals surface area contributed by atoms with Crippen molar-refractivity contribution in [2.45, 2.75) is 19.4 Å². The van der Waals surface area contributed by atoms with E-state index in [9.17, 15) is 9.18 Å². The molecule has 0 spiro atoms. The lowest BCUT2D eigenvalue weighted by Gasteiger charge is -2.05. The van der Waals surface area contributed by atoms with Crippen LogP contribution in [0.1, 0.15) is 23.7 Å². The SMILES string of the molecule is CC1CC(C(=O)c2c[nH]c3cc(F)ccc23)CO1. The largest absolute Gasteiger partial charge is 0.378 e.